The third-order valence-electron chi connectivity index (χ3n) is 3.43. The molecule has 1 aromatic rings. The lowest BCUT2D eigenvalue weighted by atomic mass is 10.0. The Kier molecular flexibility index (Phi) is 2.41. The van der Waals surface area contributed by atoms with Crippen LogP contribution in [0.4, 0.5) is 0 Å². The summed E-state index contributed by atoms with van der Waals surface area (Å²) in [4.78, 5) is 14.1. The second kappa shape index (κ2) is 3.79. The molecule has 86 valence electrons. The fourth-order valence-corrected chi connectivity index (χ4v) is 2.75. The first-order chi connectivity index (χ1) is 7.75. The van der Waals surface area contributed by atoms with Gasteiger partial charge in [-0.25, -0.2) is 0 Å². The summed E-state index contributed by atoms with van der Waals surface area (Å²) in [7, 11) is 0. The van der Waals surface area contributed by atoms with Crippen LogP contribution in [0.2, 0.25) is 5.02 Å². The van der Waals surface area contributed by atoms with Crippen LogP contribution in [0.3, 0.4) is 0 Å². The van der Waals surface area contributed by atoms with Crippen LogP contribution in [-0.2, 0) is 0 Å². The molecule has 2 fully saturated rings. The highest BCUT2D eigenvalue weighted by molar-refractivity contribution is 6.33. The molecule has 16 heavy (non-hydrogen) atoms. The molecule has 3 rings (SSSR count). The molecule has 4 nitrogen and oxygen atoms in total. The van der Waals surface area contributed by atoms with Crippen molar-refractivity contribution in [2.24, 2.45) is 0 Å². The number of hydrogen-bond donors (Lipinski definition) is 1. The van der Waals surface area contributed by atoms with Crippen molar-refractivity contribution in [1.82, 2.24) is 10.2 Å². The maximum absolute atomic E-state index is 12.2. The molecule has 2 unspecified atom stereocenters. The summed E-state index contributed by atoms with van der Waals surface area (Å²) in [6, 6.07) is 2.49. The Morgan fingerprint density at radius 2 is 2.50 bits per heavy atom. The molecule has 2 saturated heterocycles. The molecule has 0 aliphatic carbocycles. The lowest BCUT2D eigenvalue weighted by molar-refractivity contribution is 0.0625. The Balaban J connectivity index is 1.83. The van der Waals surface area contributed by atoms with Crippen LogP contribution in [0.5, 0.6) is 0 Å². The summed E-state index contributed by atoms with van der Waals surface area (Å²) in [6.07, 6.45) is 3.51. The van der Waals surface area contributed by atoms with Gasteiger partial charge in [-0.1, -0.05) is 11.6 Å². The molecule has 5 heteroatoms. The molecule has 2 atom stereocenters. The van der Waals surface area contributed by atoms with E-state index in [0.717, 1.165) is 25.9 Å². The van der Waals surface area contributed by atoms with Gasteiger partial charge >= 0.3 is 0 Å². The van der Waals surface area contributed by atoms with Crippen molar-refractivity contribution < 1.29 is 9.21 Å². The van der Waals surface area contributed by atoms with Gasteiger partial charge in [0.1, 0.15) is 0 Å². The number of hydrogen-bond acceptors (Lipinski definition) is 3. The Morgan fingerprint density at radius 1 is 1.62 bits per heavy atom. The fraction of sp³-hybridized carbons (Fsp3) is 0.545. The number of amides is 1. The Hall–Kier alpha value is -1.00. The van der Waals surface area contributed by atoms with E-state index in [1.165, 1.54) is 6.26 Å². The van der Waals surface area contributed by atoms with Crippen LogP contribution in [0.15, 0.2) is 16.7 Å². The Labute approximate surface area is 98.5 Å². The second-order valence-electron chi connectivity index (χ2n) is 4.38. The van der Waals surface area contributed by atoms with Crippen molar-refractivity contribution in [2.75, 3.05) is 13.1 Å². The van der Waals surface area contributed by atoms with Gasteiger partial charge in [0.2, 0.25) is 5.76 Å². The van der Waals surface area contributed by atoms with Gasteiger partial charge in [0.15, 0.2) is 0 Å². The van der Waals surface area contributed by atoms with E-state index >= 15 is 0 Å². The predicted octanol–water partition coefficient (Wildman–Crippen LogP) is 1.51. The number of fused-ring (bicyclic) bond motifs is 2. The van der Waals surface area contributed by atoms with E-state index in [1.54, 1.807) is 6.07 Å². The van der Waals surface area contributed by atoms with Crippen molar-refractivity contribution in [3.05, 3.63) is 23.1 Å². The Bertz CT molecular complexity index is 418. The molecular formula is C11H13ClN2O2. The summed E-state index contributed by atoms with van der Waals surface area (Å²) < 4.78 is 5.14. The van der Waals surface area contributed by atoms with Crippen molar-refractivity contribution in [3.8, 4) is 0 Å². The van der Waals surface area contributed by atoms with E-state index in [-0.39, 0.29) is 11.7 Å². The number of carbonyl (C=O) groups is 1. The van der Waals surface area contributed by atoms with Crippen molar-refractivity contribution in [1.29, 1.82) is 0 Å². The van der Waals surface area contributed by atoms with E-state index in [1.807, 2.05) is 4.90 Å². The number of likely N-dealkylation sites (tertiary alicyclic amines) is 1. The number of furan rings is 1. The number of carbonyl (C=O) groups excluding carboxylic acids is 1. The molecule has 3 heterocycles. The fourth-order valence-electron chi connectivity index (χ4n) is 2.58. The zero-order chi connectivity index (χ0) is 11.1. The van der Waals surface area contributed by atoms with Crippen LogP contribution in [-0.4, -0.2) is 36.0 Å². The lowest BCUT2D eigenvalue weighted by Crippen LogP contribution is -2.44. The molecule has 2 aliphatic heterocycles. The highest BCUT2D eigenvalue weighted by Gasteiger charge is 2.37. The number of piperidine rings is 1. The molecule has 1 N–H and O–H groups in total. The minimum Gasteiger partial charge on any atom is -0.458 e. The molecular weight excluding hydrogens is 228 g/mol. The number of nitrogens with one attached hydrogen (secondary N) is 1. The maximum Gasteiger partial charge on any atom is 0.291 e. The van der Waals surface area contributed by atoms with Gasteiger partial charge in [-0.15, -0.1) is 0 Å². The highest BCUT2D eigenvalue weighted by atomic mass is 35.5. The van der Waals surface area contributed by atoms with Crippen molar-refractivity contribution >= 4 is 17.5 Å². The maximum atomic E-state index is 12.2. The largest absolute Gasteiger partial charge is 0.458 e. The molecule has 0 aromatic carbocycles. The van der Waals surface area contributed by atoms with Crippen LogP contribution in [0, 0.1) is 0 Å². The van der Waals surface area contributed by atoms with Gasteiger partial charge in [0.25, 0.3) is 5.91 Å². The topological polar surface area (TPSA) is 45.5 Å². The van der Waals surface area contributed by atoms with E-state index in [9.17, 15) is 4.79 Å². The van der Waals surface area contributed by atoms with Gasteiger partial charge in [-0.3, -0.25) is 4.79 Å². The second-order valence-corrected chi connectivity index (χ2v) is 4.79. The van der Waals surface area contributed by atoms with Gasteiger partial charge in [0, 0.05) is 25.2 Å². The van der Waals surface area contributed by atoms with Crippen LogP contribution >= 0.6 is 11.6 Å². The van der Waals surface area contributed by atoms with Crippen LogP contribution in [0.1, 0.15) is 23.4 Å². The van der Waals surface area contributed by atoms with E-state index in [0.29, 0.717) is 17.1 Å². The molecule has 1 amide bonds. The Morgan fingerprint density at radius 3 is 3.25 bits per heavy atom. The van der Waals surface area contributed by atoms with Gasteiger partial charge in [-0.05, 0) is 18.9 Å². The monoisotopic (exact) mass is 240 g/mol. The van der Waals surface area contributed by atoms with E-state index < -0.39 is 0 Å². The minimum atomic E-state index is -0.0813. The molecule has 2 bridgehead atoms. The first kappa shape index (κ1) is 10.2. The zero-order valence-electron chi connectivity index (χ0n) is 8.78. The molecule has 0 saturated carbocycles. The number of halogens is 1. The SMILES string of the molecule is O=C(c1occc1Cl)N1CCC2CC1CN2. The number of rotatable bonds is 1. The average Bonchev–Trinajstić information content (AvgIpc) is 2.86. The lowest BCUT2D eigenvalue weighted by Gasteiger charge is -2.31. The minimum absolute atomic E-state index is 0.0813. The van der Waals surface area contributed by atoms with Crippen LogP contribution < -0.4 is 5.32 Å². The van der Waals surface area contributed by atoms with Crippen LogP contribution in [0.25, 0.3) is 0 Å². The summed E-state index contributed by atoms with van der Waals surface area (Å²) >= 11 is 5.90. The summed E-state index contributed by atoms with van der Waals surface area (Å²) in [6.45, 7) is 1.67. The third kappa shape index (κ3) is 1.53. The molecule has 2 aliphatic rings. The van der Waals surface area contributed by atoms with Gasteiger partial charge in [-0.2, -0.15) is 0 Å². The average molecular weight is 241 g/mol. The highest BCUT2D eigenvalue weighted by Crippen LogP contribution is 2.26. The van der Waals surface area contributed by atoms with E-state index in [2.05, 4.69) is 5.32 Å². The van der Waals surface area contributed by atoms with Crippen molar-refractivity contribution in [3.63, 3.8) is 0 Å². The number of nitrogens with zero attached hydrogens (tertiary/aromatic N) is 1. The first-order valence-electron chi connectivity index (χ1n) is 5.53. The quantitative estimate of drug-likeness (QED) is 0.810. The molecule has 0 spiro atoms. The molecule has 0 radical (unpaired) electrons. The summed E-state index contributed by atoms with van der Waals surface area (Å²) in [5.41, 5.74) is 0. The summed E-state index contributed by atoms with van der Waals surface area (Å²) in [5, 5.41) is 3.81. The standard InChI is InChI=1S/C11H13ClN2O2/c12-9-2-4-16-10(9)11(15)14-3-1-7-5-8(14)6-13-7/h2,4,7-8,13H,1,3,5-6H2. The van der Waals surface area contributed by atoms with Gasteiger partial charge in [0.05, 0.1) is 11.3 Å². The summed E-state index contributed by atoms with van der Waals surface area (Å²) in [5.74, 6) is 0.189. The zero-order valence-corrected chi connectivity index (χ0v) is 9.54. The predicted molar refractivity (Wildman–Crippen MR) is 59.6 cm³/mol. The smallest absolute Gasteiger partial charge is 0.291 e. The third-order valence-corrected chi connectivity index (χ3v) is 3.73. The van der Waals surface area contributed by atoms with E-state index in [4.69, 9.17) is 16.0 Å². The van der Waals surface area contributed by atoms with Gasteiger partial charge < -0.3 is 14.6 Å². The first-order valence-corrected chi connectivity index (χ1v) is 5.91. The molecule has 1 aromatic heterocycles. The van der Waals surface area contributed by atoms with Crippen molar-refractivity contribution in [2.45, 2.75) is 24.9 Å². The normalized spacial score (nSPS) is 28.4.